The first-order chi connectivity index (χ1) is 8.72. The summed E-state index contributed by atoms with van der Waals surface area (Å²) < 4.78 is 0. The third-order valence-electron chi connectivity index (χ3n) is 2.64. The molecule has 1 aromatic heterocycles. The number of hydrogen-bond donors (Lipinski definition) is 3. The molecule has 0 fully saturated rings. The molecule has 2 aromatic rings. The minimum Gasteiger partial charge on any atom is -0.394 e. The molecular formula is C13H15NO3S. The van der Waals surface area contributed by atoms with E-state index in [1.165, 1.54) is 11.8 Å². The van der Waals surface area contributed by atoms with Gasteiger partial charge in [0.25, 0.3) is 0 Å². The largest absolute Gasteiger partial charge is 0.394 e. The van der Waals surface area contributed by atoms with Crippen molar-refractivity contribution < 1.29 is 15.0 Å². The van der Waals surface area contributed by atoms with E-state index >= 15 is 0 Å². The van der Waals surface area contributed by atoms with Gasteiger partial charge in [-0.2, -0.15) is 11.8 Å². The standard InChI is InChI=1S/C13H15NO3S/c15-6-9(16)7-18-8-13(17)11-5-14-12-4-2-1-3-10(11)12/h1-5,9,14-16H,6-8H2. The summed E-state index contributed by atoms with van der Waals surface area (Å²) in [4.78, 5) is 15.1. The van der Waals surface area contributed by atoms with E-state index in [4.69, 9.17) is 5.11 Å². The summed E-state index contributed by atoms with van der Waals surface area (Å²) in [5.74, 6) is 0.700. The number of aliphatic hydroxyl groups is 2. The average molecular weight is 265 g/mol. The SMILES string of the molecule is O=C(CSCC(O)CO)c1c[nH]c2ccccc12. The molecule has 2 rings (SSSR count). The maximum absolute atomic E-state index is 12.0. The first-order valence-electron chi connectivity index (χ1n) is 5.68. The van der Waals surface area contributed by atoms with Gasteiger partial charge in [-0.1, -0.05) is 18.2 Å². The van der Waals surface area contributed by atoms with Gasteiger partial charge in [-0.15, -0.1) is 0 Å². The fourth-order valence-corrected chi connectivity index (χ4v) is 2.56. The Labute approximate surface area is 109 Å². The van der Waals surface area contributed by atoms with Crippen LogP contribution in [0.2, 0.25) is 0 Å². The highest BCUT2D eigenvalue weighted by molar-refractivity contribution is 8.00. The molecule has 0 radical (unpaired) electrons. The second-order valence-corrected chi connectivity index (χ2v) is 5.05. The van der Waals surface area contributed by atoms with E-state index < -0.39 is 6.10 Å². The van der Waals surface area contributed by atoms with Crippen molar-refractivity contribution in [3.8, 4) is 0 Å². The summed E-state index contributed by atoms with van der Waals surface area (Å²) in [5.41, 5.74) is 1.62. The van der Waals surface area contributed by atoms with Crippen LogP contribution in [-0.2, 0) is 0 Å². The Balaban J connectivity index is 2.01. The van der Waals surface area contributed by atoms with Crippen LogP contribution in [0.1, 0.15) is 10.4 Å². The number of ketones is 1. The van der Waals surface area contributed by atoms with E-state index in [1.807, 2.05) is 24.3 Å². The van der Waals surface area contributed by atoms with Crippen LogP contribution < -0.4 is 0 Å². The summed E-state index contributed by atoms with van der Waals surface area (Å²) >= 11 is 1.33. The zero-order chi connectivity index (χ0) is 13.0. The number of Topliss-reactive ketones (excluding diaryl/α,β-unsaturated/α-hetero) is 1. The lowest BCUT2D eigenvalue weighted by Gasteiger charge is -2.05. The topological polar surface area (TPSA) is 73.3 Å². The summed E-state index contributed by atoms with van der Waals surface area (Å²) in [6.07, 6.45) is 0.960. The highest BCUT2D eigenvalue weighted by atomic mass is 32.2. The molecule has 0 aliphatic rings. The molecule has 0 aliphatic carbocycles. The number of aromatic nitrogens is 1. The van der Waals surface area contributed by atoms with Crippen molar-refractivity contribution in [3.05, 3.63) is 36.0 Å². The lowest BCUT2D eigenvalue weighted by Crippen LogP contribution is -2.16. The highest BCUT2D eigenvalue weighted by Crippen LogP contribution is 2.19. The van der Waals surface area contributed by atoms with Crippen molar-refractivity contribution >= 4 is 28.4 Å². The number of thioether (sulfide) groups is 1. The summed E-state index contributed by atoms with van der Waals surface area (Å²) in [6.45, 7) is -0.270. The number of fused-ring (bicyclic) bond motifs is 1. The van der Waals surface area contributed by atoms with Crippen LogP contribution in [0, 0.1) is 0 Å². The second-order valence-electron chi connectivity index (χ2n) is 4.02. The first kappa shape index (κ1) is 13.1. The lowest BCUT2D eigenvalue weighted by atomic mass is 10.1. The molecule has 4 nitrogen and oxygen atoms in total. The van der Waals surface area contributed by atoms with E-state index in [1.54, 1.807) is 6.20 Å². The van der Waals surface area contributed by atoms with Crippen LogP contribution in [-0.4, -0.2) is 45.2 Å². The Morgan fingerprint density at radius 1 is 1.39 bits per heavy atom. The molecule has 18 heavy (non-hydrogen) atoms. The minimum absolute atomic E-state index is 0.0302. The van der Waals surface area contributed by atoms with Crippen molar-refractivity contribution in [3.63, 3.8) is 0 Å². The molecule has 3 N–H and O–H groups in total. The number of carbonyl (C=O) groups is 1. The van der Waals surface area contributed by atoms with Gasteiger partial charge in [-0.3, -0.25) is 4.79 Å². The number of benzene rings is 1. The fraction of sp³-hybridized carbons (Fsp3) is 0.308. The van der Waals surface area contributed by atoms with E-state index in [-0.39, 0.29) is 12.4 Å². The van der Waals surface area contributed by atoms with Gasteiger partial charge in [-0.05, 0) is 6.07 Å². The molecule has 0 saturated heterocycles. The molecule has 1 unspecified atom stereocenters. The highest BCUT2D eigenvalue weighted by Gasteiger charge is 2.12. The van der Waals surface area contributed by atoms with Gasteiger partial charge in [0.2, 0.25) is 0 Å². The molecule has 1 heterocycles. The molecule has 1 aromatic carbocycles. The Morgan fingerprint density at radius 2 is 2.17 bits per heavy atom. The Bertz CT molecular complexity index is 538. The van der Waals surface area contributed by atoms with Crippen LogP contribution in [0.15, 0.2) is 30.5 Å². The zero-order valence-electron chi connectivity index (χ0n) is 9.80. The number of aromatic amines is 1. The number of nitrogens with one attached hydrogen (secondary N) is 1. The van der Waals surface area contributed by atoms with Crippen molar-refractivity contribution in [2.24, 2.45) is 0 Å². The quantitative estimate of drug-likeness (QED) is 0.691. The fourth-order valence-electron chi connectivity index (χ4n) is 1.72. The van der Waals surface area contributed by atoms with Gasteiger partial charge >= 0.3 is 0 Å². The predicted octanol–water partition coefficient (Wildman–Crippen LogP) is 1.44. The number of hydrogen-bond acceptors (Lipinski definition) is 4. The average Bonchev–Trinajstić information content (AvgIpc) is 2.82. The molecule has 5 heteroatoms. The number of H-pyrrole nitrogens is 1. The molecule has 1 atom stereocenters. The van der Waals surface area contributed by atoms with Gasteiger partial charge < -0.3 is 15.2 Å². The summed E-state index contributed by atoms with van der Waals surface area (Å²) in [7, 11) is 0. The van der Waals surface area contributed by atoms with E-state index in [0.29, 0.717) is 17.1 Å². The minimum atomic E-state index is -0.759. The monoisotopic (exact) mass is 265 g/mol. The Kier molecular flexibility index (Phi) is 4.41. The number of rotatable bonds is 6. The molecule has 0 aliphatic heterocycles. The Hall–Kier alpha value is -1.30. The molecule has 0 saturated carbocycles. The summed E-state index contributed by atoms with van der Waals surface area (Å²) in [5, 5.41) is 18.8. The van der Waals surface area contributed by atoms with Gasteiger partial charge in [0.1, 0.15) is 0 Å². The zero-order valence-corrected chi connectivity index (χ0v) is 10.6. The maximum atomic E-state index is 12.0. The van der Waals surface area contributed by atoms with Crippen LogP contribution in [0.3, 0.4) is 0 Å². The normalized spacial score (nSPS) is 12.8. The molecule has 0 bridgehead atoms. The molecule has 96 valence electrons. The van der Waals surface area contributed by atoms with Gasteiger partial charge in [-0.25, -0.2) is 0 Å². The van der Waals surface area contributed by atoms with Crippen LogP contribution in [0.25, 0.3) is 10.9 Å². The lowest BCUT2D eigenvalue weighted by molar-refractivity contribution is 0.102. The maximum Gasteiger partial charge on any atom is 0.174 e. The number of aliphatic hydroxyl groups excluding tert-OH is 2. The second kappa shape index (κ2) is 6.04. The van der Waals surface area contributed by atoms with Crippen LogP contribution >= 0.6 is 11.8 Å². The van der Waals surface area contributed by atoms with E-state index in [0.717, 1.165) is 10.9 Å². The number of carbonyl (C=O) groups excluding carboxylic acids is 1. The van der Waals surface area contributed by atoms with Gasteiger partial charge in [0, 0.05) is 28.4 Å². The molecule has 0 spiro atoms. The van der Waals surface area contributed by atoms with Crippen molar-refractivity contribution in [1.29, 1.82) is 0 Å². The third kappa shape index (κ3) is 2.93. The van der Waals surface area contributed by atoms with Crippen molar-refractivity contribution in [1.82, 2.24) is 4.98 Å². The van der Waals surface area contributed by atoms with Crippen molar-refractivity contribution in [2.75, 3.05) is 18.1 Å². The van der Waals surface area contributed by atoms with Crippen LogP contribution in [0.4, 0.5) is 0 Å². The first-order valence-corrected chi connectivity index (χ1v) is 6.84. The smallest absolute Gasteiger partial charge is 0.174 e. The van der Waals surface area contributed by atoms with Gasteiger partial charge in [0.15, 0.2) is 5.78 Å². The summed E-state index contributed by atoms with van der Waals surface area (Å²) in [6, 6.07) is 7.65. The number of para-hydroxylation sites is 1. The third-order valence-corrected chi connectivity index (χ3v) is 3.73. The molecule has 0 amide bonds. The van der Waals surface area contributed by atoms with Crippen molar-refractivity contribution in [2.45, 2.75) is 6.10 Å². The van der Waals surface area contributed by atoms with E-state index in [2.05, 4.69) is 4.98 Å². The van der Waals surface area contributed by atoms with Gasteiger partial charge in [0.05, 0.1) is 18.5 Å². The van der Waals surface area contributed by atoms with Crippen LogP contribution in [0.5, 0.6) is 0 Å². The molecular weight excluding hydrogens is 250 g/mol. The van der Waals surface area contributed by atoms with E-state index in [9.17, 15) is 9.90 Å². The Morgan fingerprint density at radius 3 is 2.94 bits per heavy atom. The predicted molar refractivity (Wildman–Crippen MR) is 73.0 cm³/mol.